The van der Waals surface area contributed by atoms with E-state index in [2.05, 4.69) is 15.3 Å². The molecule has 0 aromatic carbocycles. The van der Waals surface area contributed by atoms with E-state index in [1.54, 1.807) is 25.3 Å². The summed E-state index contributed by atoms with van der Waals surface area (Å²) < 4.78 is 0. The topological polar surface area (TPSA) is 92.2 Å². The van der Waals surface area contributed by atoms with E-state index in [1.165, 1.54) is 18.3 Å². The molecular formula is C14H13N3O3. The minimum atomic E-state index is -1.02. The number of carboxylic acid groups (broad SMARTS) is 1. The molecule has 0 radical (unpaired) electrons. The van der Waals surface area contributed by atoms with E-state index in [9.17, 15) is 9.59 Å². The van der Waals surface area contributed by atoms with Crippen molar-refractivity contribution in [3.8, 4) is 0 Å². The third-order valence-electron chi connectivity index (χ3n) is 2.75. The average molecular weight is 271 g/mol. The van der Waals surface area contributed by atoms with Crippen molar-refractivity contribution in [1.29, 1.82) is 0 Å². The summed E-state index contributed by atoms with van der Waals surface area (Å²) in [6.07, 6.45) is 3.02. The van der Waals surface area contributed by atoms with Crippen molar-refractivity contribution in [3.05, 3.63) is 59.2 Å². The number of rotatable bonds is 4. The molecule has 2 aromatic rings. The third kappa shape index (κ3) is 3.17. The van der Waals surface area contributed by atoms with E-state index in [0.717, 1.165) is 0 Å². The zero-order valence-electron chi connectivity index (χ0n) is 10.8. The van der Waals surface area contributed by atoms with Crippen LogP contribution in [0.25, 0.3) is 0 Å². The van der Waals surface area contributed by atoms with E-state index in [0.29, 0.717) is 17.0 Å². The normalized spacial score (nSPS) is 10.1. The number of aromatic carboxylic acids is 1. The van der Waals surface area contributed by atoms with E-state index >= 15 is 0 Å². The average Bonchev–Trinajstić information content (AvgIpc) is 2.45. The summed E-state index contributed by atoms with van der Waals surface area (Å²) in [5, 5.41) is 11.6. The standard InChI is InChI=1S/C14H13N3O3/c1-9-12(3-2-5-15-9)13(18)17-8-11-7-10(14(19)20)4-6-16-11/h2-7H,8H2,1H3,(H,17,18)(H,19,20). The lowest BCUT2D eigenvalue weighted by Crippen LogP contribution is -2.24. The zero-order valence-corrected chi connectivity index (χ0v) is 10.8. The van der Waals surface area contributed by atoms with Gasteiger partial charge in [-0.2, -0.15) is 0 Å². The van der Waals surface area contributed by atoms with Gasteiger partial charge in [0.15, 0.2) is 0 Å². The molecule has 0 atom stereocenters. The Kier molecular flexibility index (Phi) is 4.05. The van der Waals surface area contributed by atoms with Gasteiger partial charge in [-0.1, -0.05) is 0 Å². The van der Waals surface area contributed by atoms with Gasteiger partial charge < -0.3 is 10.4 Å². The Morgan fingerprint density at radius 2 is 2.05 bits per heavy atom. The number of nitrogens with zero attached hydrogens (tertiary/aromatic N) is 2. The van der Waals surface area contributed by atoms with Gasteiger partial charge in [0.05, 0.1) is 23.4 Å². The Balaban J connectivity index is 2.06. The molecule has 20 heavy (non-hydrogen) atoms. The fourth-order valence-electron chi connectivity index (χ4n) is 1.70. The predicted octanol–water partition coefficient (Wildman–Crippen LogP) is 1.41. The summed E-state index contributed by atoms with van der Waals surface area (Å²) in [5.41, 5.74) is 1.75. The van der Waals surface area contributed by atoms with Crippen molar-refractivity contribution in [2.75, 3.05) is 0 Å². The summed E-state index contributed by atoms with van der Waals surface area (Å²) in [5.74, 6) is -1.29. The van der Waals surface area contributed by atoms with Gasteiger partial charge in [0.1, 0.15) is 0 Å². The molecule has 0 saturated carbocycles. The second-order valence-electron chi connectivity index (χ2n) is 4.16. The number of nitrogens with one attached hydrogen (secondary N) is 1. The molecule has 0 unspecified atom stereocenters. The highest BCUT2D eigenvalue weighted by molar-refractivity contribution is 5.95. The smallest absolute Gasteiger partial charge is 0.335 e. The molecule has 2 N–H and O–H groups in total. The predicted molar refractivity (Wildman–Crippen MR) is 71.3 cm³/mol. The number of carbonyl (C=O) groups excluding carboxylic acids is 1. The van der Waals surface area contributed by atoms with Gasteiger partial charge in [0.25, 0.3) is 5.91 Å². The molecule has 102 valence electrons. The lowest BCUT2D eigenvalue weighted by atomic mass is 10.2. The molecule has 0 spiro atoms. The number of aromatic nitrogens is 2. The summed E-state index contributed by atoms with van der Waals surface area (Å²) >= 11 is 0. The maximum Gasteiger partial charge on any atom is 0.335 e. The summed E-state index contributed by atoms with van der Waals surface area (Å²) in [4.78, 5) is 30.9. The lowest BCUT2D eigenvalue weighted by molar-refractivity contribution is 0.0696. The number of pyridine rings is 2. The van der Waals surface area contributed by atoms with Crippen LogP contribution in [0.2, 0.25) is 0 Å². The van der Waals surface area contributed by atoms with Crippen molar-refractivity contribution < 1.29 is 14.7 Å². The van der Waals surface area contributed by atoms with Crippen molar-refractivity contribution in [2.45, 2.75) is 13.5 Å². The Hall–Kier alpha value is -2.76. The van der Waals surface area contributed by atoms with Crippen LogP contribution in [0.4, 0.5) is 0 Å². The van der Waals surface area contributed by atoms with Crippen molar-refractivity contribution in [3.63, 3.8) is 0 Å². The lowest BCUT2D eigenvalue weighted by Gasteiger charge is -2.07. The van der Waals surface area contributed by atoms with Crippen LogP contribution in [-0.4, -0.2) is 27.0 Å². The van der Waals surface area contributed by atoms with Gasteiger partial charge in [-0.3, -0.25) is 14.8 Å². The van der Waals surface area contributed by atoms with Crippen LogP contribution in [0, 0.1) is 6.92 Å². The van der Waals surface area contributed by atoms with Crippen LogP contribution in [0.1, 0.15) is 32.1 Å². The molecule has 0 aliphatic carbocycles. The van der Waals surface area contributed by atoms with E-state index in [4.69, 9.17) is 5.11 Å². The van der Waals surface area contributed by atoms with E-state index in [-0.39, 0.29) is 18.0 Å². The molecule has 0 aliphatic heterocycles. The fourth-order valence-corrected chi connectivity index (χ4v) is 1.70. The van der Waals surface area contributed by atoms with Gasteiger partial charge in [0.2, 0.25) is 0 Å². The number of carbonyl (C=O) groups is 2. The molecule has 6 heteroatoms. The Bertz CT molecular complexity index is 656. The number of carboxylic acids is 1. The highest BCUT2D eigenvalue weighted by atomic mass is 16.4. The first-order valence-corrected chi connectivity index (χ1v) is 5.96. The van der Waals surface area contributed by atoms with Crippen molar-refractivity contribution in [1.82, 2.24) is 15.3 Å². The minimum Gasteiger partial charge on any atom is -0.478 e. The van der Waals surface area contributed by atoms with Crippen molar-refractivity contribution in [2.24, 2.45) is 0 Å². The first-order valence-electron chi connectivity index (χ1n) is 5.96. The van der Waals surface area contributed by atoms with Crippen LogP contribution in [0.15, 0.2) is 36.7 Å². The number of hydrogen-bond acceptors (Lipinski definition) is 4. The SMILES string of the molecule is Cc1ncccc1C(=O)NCc1cc(C(=O)O)ccn1. The van der Waals surface area contributed by atoms with Gasteiger partial charge >= 0.3 is 5.97 Å². The van der Waals surface area contributed by atoms with Gasteiger partial charge in [-0.15, -0.1) is 0 Å². The van der Waals surface area contributed by atoms with Gasteiger partial charge in [-0.25, -0.2) is 4.79 Å². The molecule has 2 rings (SSSR count). The van der Waals surface area contributed by atoms with Crippen LogP contribution in [-0.2, 0) is 6.54 Å². The van der Waals surface area contributed by atoms with Crippen LogP contribution in [0.3, 0.4) is 0 Å². The summed E-state index contributed by atoms with van der Waals surface area (Å²) in [7, 11) is 0. The van der Waals surface area contributed by atoms with Gasteiger partial charge in [-0.05, 0) is 31.2 Å². The molecule has 2 heterocycles. The Morgan fingerprint density at radius 1 is 1.25 bits per heavy atom. The molecule has 0 bridgehead atoms. The summed E-state index contributed by atoms with van der Waals surface area (Å²) in [6, 6.07) is 6.20. The van der Waals surface area contributed by atoms with Crippen LogP contribution in [0.5, 0.6) is 0 Å². The number of aryl methyl sites for hydroxylation is 1. The second-order valence-corrected chi connectivity index (χ2v) is 4.16. The molecule has 0 saturated heterocycles. The Morgan fingerprint density at radius 3 is 2.75 bits per heavy atom. The first-order chi connectivity index (χ1) is 9.58. The van der Waals surface area contributed by atoms with Gasteiger partial charge in [0, 0.05) is 18.1 Å². The number of amides is 1. The molecule has 2 aromatic heterocycles. The fraction of sp³-hybridized carbons (Fsp3) is 0.143. The molecular weight excluding hydrogens is 258 g/mol. The number of hydrogen-bond donors (Lipinski definition) is 2. The third-order valence-corrected chi connectivity index (χ3v) is 2.75. The molecule has 0 fully saturated rings. The molecule has 1 amide bonds. The van der Waals surface area contributed by atoms with Crippen LogP contribution >= 0.6 is 0 Å². The largest absolute Gasteiger partial charge is 0.478 e. The maximum atomic E-state index is 12.0. The quantitative estimate of drug-likeness (QED) is 0.877. The highest BCUT2D eigenvalue weighted by Gasteiger charge is 2.10. The first kappa shape index (κ1) is 13.7. The van der Waals surface area contributed by atoms with E-state index in [1.807, 2.05) is 0 Å². The summed E-state index contributed by atoms with van der Waals surface area (Å²) in [6.45, 7) is 1.91. The maximum absolute atomic E-state index is 12.0. The molecule has 0 aliphatic rings. The monoisotopic (exact) mass is 271 g/mol. The second kappa shape index (κ2) is 5.92. The van der Waals surface area contributed by atoms with Crippen LogP contribution < -0.4 is 5.32 Å². The minimum absolute atomic E-state index is 0.141. The Labute approximate surface area is 115 Å². The highest BCUT2D eigenvalue weighted by Crippen LogP contribution is 2.05. The molecule has 6 nitrogen and oxygen atoms in total. The van der Waals surface area contributed by atoms with Crippen molar-refractivity contribution >= 4 is 11.9 Å². The van der Waals surface area contributed by atoms with E-state index < -0.39 is 5.97 Å². The zero-order chi connectivity index (χ0) is 14.5.